The highest BCUT2D eigenvalue weighted by molar-refractivity contribution is 5.89. The lowest BCUT2D eigenvalue weighted by molar-refractivity contribution is -0.387. The summed E-state index contributed by atoms with van der Waals surface area (Å²) >= 11 is 0. The summed E-state index contributed by atoms with van der Waals surface area (Å²) in [6.07, 6.45) is -4.66. The van der Waals surface area contributed by atoms with Gasteiger partial charge in [0.15, 0.2) is 0 Å². The maximum absolute atomic E-state index is 12.6. The summed E-state index contributed by atoms with van der Waals surface area (Å²) in [4.78, 5) is 21.3. The van der Waals surface area contributed by atoms with E-state index < -0.39 is 39.0 Å². The van der Waals surface area contributed by atoms with E-state index in [1.807, 2.05) is 0 Å². The molecule has 1 aromatic carbocycles. The molecule has 0 saturated carbocycles. The molecule has 1 heterocycles. The Morgan fingerprint density at radius 1 is 1.35 bits per heavy atom. The molecule has 0 saturated heterocycles. The van der Waals surface area contributed by atoms with E-state index in [1.54, 1.807) is 0 Å². The lowest BCUT2D eigenvalue weighted by atomic mass is 10.1. The van der Waals surface area contributed by atoms with Crippen LogP contribution in [-0.2, 0) is 13.2 Å². The van der Waals surface area contributed by atoms with Crippen molar-refractivity contribution in [1.29, 1.82) is 0 Å². The lowest BCUT2D eigenvalue weighted by Gasteiger charge is -2.11. The van der Waals surface area contributed by atoms with Gasteiger partial charge in [0.1, 0.15) is 0 Å². The van der Waals surface area contributed by atoms with Gasteiger partial charge in [-0.15, -0.1) is 0 Å². The van der Waals surface area contributed by atoms with E-state index in [4.69, 9.17) is 0 Å². The fraction of sp³-hybridized carbons (Fsp3) is 0.182. The minimum absolute atomic E-state index is 0.0360. The molecule has 0 aliphatic heterocycles. The number of halogens is 3. The molecule has 0 atom stereocenters. The van der Waals surface area contributed by atoms with Crippen molar-refractivity contribution in [3.05, 3.63) is 44.2 Å². The molecule has 0 aliphatic carbocycles. The summed E-state index contributed by atoms with van der Waals surface area (Å²) in [6, 6.07) is 2.27. The number of pyridine rings is 1. The first-order valence-electron chi connectivity index (χ1n) is 5.22. The quantitative estimate of drug-likeness (QED) is 0.643. The van der Waals surface area contributed by atoms with Crippen LogP contribution in [0.3, 0.4) is 0 Å². The molecule has 1 N–H and O–H groups in total. The number of aromatic nitrogens is 1. The van der Waals surface area contributed by atoms with Crippen molar-refractivity contribution in [3.63, 3.8) is 0 Å². The van der Waals surface area contributed by atoms with E-state index in [9.17, 15) is 33.2 Å². The van der Waals surface area contributed by atoms with Crippen molar-refractivity contribution in [2.24, 2.45) is 7.05 Å². The predicted molar refractivity (Wildman–Crippen MR) is 62.5 cm³/mol. The number of hydrogen-bond donors (Lipinski definition) is 1. The van der Waals surface area contributed by atoms with Gasteiger partial charge in [0.25, 0.3) is 0 Å². The third kappa shape index (κ3) is 1.96. The van der Waals surface area contributed by atoms with Crippen LogP contribution in [0.25, 0.3) is 10.9 Å². The van der Waals surface area contributed by atoms with Crippen molar-refractivity contribution in [2.45, 2.75) is 6.18 Å². The van der Waals surface area contributed by atoms with Gasteiger partial charge in [-0.2, -0.15) is 13.2 Å². The smallest absolute Gasteiger partial charge is 0.416 e. The second-order valence-corrected chi connectivity index (χ2v) is 4.05. The number of rotatable bonds is 1. The van der Waals surface area contributed by atoms with E-state index in [0.29, 0.717) is 6.07 Å². The fourth-order valence-electron chi connectivity index (χ4n) is 1.86. The molecule has 1 aromatic heterocycles. The Morgan fingerprint density at radius 2 is 1.95 bits per heavy atom. The average molecular weight is 288 g/mol. The standard InChI is InChI=1S/C11H7F3N2O4/c1-15-7-3-2-5(11(12,13)14)4-6(7)9(17)8(10(15)18)16(19)20/h2-4,17H,1H3. The molecule has 0 radical (unpaired) electrons. The molecule has 0 bridgehead atoms. The number of benzene rings is 1. The number of aromatic hydroxyl groups is 1. The number of nitrogens with zero attached hydrogens (tertiary/aromatic N) is 2. The molecule has 0 aliphatic rings. The summed E-state index contributed by atoms with van der Waals surface area (Å²) in [5.41, 5.74) is -3.36. The molecule has 6 nitrogen and oxygen atoms in total. The minimum Gasteiger partial charge on any atom is -0.501 e. The van der Waals surface area contributed by atoms with Crippen LogP contribution in [0.4, 0.5) is 18.9 Å². The molecule has 0 amide bonds. The molecule has 0 unspecified atom stereocenters. The molecule has 0 spiro atoms. The van der Waals surface area contributed by atoms with Gasteiger partial charge in [-0.3, -0.25) is 14.9 Å². The number of fused-ring (bicyclic) bond motifs is 1. The zero-order valence-electron chi connectivity index (χ0n) is 9.93. The topological polar surface area (TPSA) is 85.4 Å². The number of hydrogen-bond acceptors (Lipinski definition) is 4. The van der Waals surface area contributed by atoms with E-state index in [0.717, 1.165) is 16.7 Å². The summed E-state index contributed by atoms with van der Waals surface area (Å²) < 4.78 is 38.6. The minimum atomic E-state index is -4.66. The van der Waals surface area contributed by atoms with Crippen molar-refractivity contribution in [2.75, 3.05) is 0 Å². The molecule has 2 aromatic rings. The molecule has 0 fully saturated rings. The fourth-order valence-corrected chi connectivity index (χ4v) is 1.86. The Morgan fingerprint density at radius 3 is 2.45 bits per heavy atom. The SMILES string of the molecule is Cn1c(=O)c([N+](=O)[O-])c(O)c2cc(C(F)(F)F)ccc21. The molecule has 9 heteroatoms. The summed E-state index contributed by atoms with van der Waals surface area (Å²) in [5.74, 6) is -1.07. The van der Waals surface area contributed by atoms with Crippen LogP contribution in [0.15, 0.2) is 23.0 Å². The zero-order chi connectivity index (χ0) is 15.2. The first kappa shape index (κ1) is 13.8. The van der Waals surface area contributed by atoms with Crippen LogP contribution in [0.2, 0.25) is 0 Å². The number of aryl methyl sites for hydroxylation is 1. The van der Waals surface area contributed by atoms with Gasteiger partial charge in [-0.1, -0.05) is 0 Å². The Balaban J connectivity index is 2.96. The first-order chi connectivity index (χ1) is 9.14. The van der Waals surface area contributed by atoms with Crippen molar-refractivity contribution < 1.29 is 23.2 Å². The van der Waals surface area contributed by atoms with Crippen LogP contribution in [-0.4, -0.2) is 14.6 Å². The van der Waals surface area contributed by atoms with E-state index in [1.165, 1.54) is 7.05 Å². The van der Waals surface area contributed by atoms with Gasteiger partial charge in [-0.25, -0.2) is 0 Å². The van der Waals surface area contributed by atoms with Gasteiger partial charge >= 0.3 is 17.4 Å². The molecular formula is C11H7F3N2O4. The predicted octanol–water partition coefficient (Wildman–Crippen LogP) is 2.17. The summed E-state index contributed by atoms with van der Waals surface area (Å²) in [6.45, 7) is 0. The van der Waals surface area contributed by atoms with Gasteiger partial charge in [0, 0.05) is 12.4 Å². The van der Waals surface area contributed by atoms with Gasteiger partial charge in [0.2, 0.25) is 5.75 Å². The lowest BCUT2D eigenvalue weighted by Crippen LogP contribution is -2.20. The van der Waals surface area contributed by atoms with Crippen LogP contribution in [0, 0.1) is 10.1 Å². The highest BCUT2D eigenvalue weighted by atomic mass is 19.4. The summed E-state index contributed by atoms with van der Waals surface area (Å²) in [5, 5.41) is 20.0. The third-order valence-electron chi connectivity index (χ3n) is 2.85. The van der Waals surface area contributed by atoms with Gasteiger partial charge in [-0.05, 0) is 18.2 Å². The molecule has 2 rings (SSSR count). The largest absolute Gasteiger partial charge is 0.501 e. The first-order valence-corrected chi connectivity index (χ1v) is 5.22. The Labute approximate surface area is 108 Å². The monoisotopic (exact) mass is 288 g/mol. The highest BCUT2D eigenvalue weighted by Gasteiger charge is 2.32. The maximum atomic E-state index is 12.6. The van der Waals surface area contributed by atoms with Crippen LogP contribution in [0.5, 0.6) is 5.75 Å². The van der Waals surface area contributed by atoms with Gasteiger partial charge in [0.05, 0.1) is 16.0 Å². The maximum Gasteiger partial charge on any atom is 0.416 e. The second-order valence-electron chi connectivity index (χ2n) is 4.05. The van der Waals surface area contributed by atoms with E-state index in [2.05, 4.69) is 0 Å². The Bertz CT molecular complexity index is 780. The molecule has 106 valence electrons. The van der Waals surface area contributed by atoms with Gasteiger partial charge < -0.3 is 9.67 Å². The second kappa shape index (κ2) is 4.22. The van der Waals surface area contributed by atoms with E-state index >= 15 is 0 Å². The van der Waals surface area contributed by atoms with Crippen molar-refractivity contribution >= 4 is 16.6 Å². The zero-order valence-corrected chi connectivity index (χ0v) is 9.93. The normalized spacial score (nSPS) is 11.8. The van der Waals surface area contributed by atoms with Crippen molar-refractivity contribution in [3.8, 4) is 5.75 Å². The third-order valence-corrected chi connectivity index (χ3v) is 2.85. The molecular weight excluding hydrogens is 281 g/mol. The van der Waals surface area contributed by atoms with E-state index in [-0.39, 0.29) is 5.52 Å². The Kier molecular flexibility index (Phi) is 2.92. The molecule has 20 heavy (non-hydrogen) atoms. The average Bonchev–Trinajstić information content (AvgIpc) is 2.34. The number of nitro groups is 1. The van der Waals surface area contributed by atoms with Crippen LogP contribution < -0.4 is 5.56 Å². The van der Waals surface area contributed by atoms with Crippen molar-refractivity contribution in [1.82, 2.24) is 4.57 Å². The number of alkyl halides is 3. The summed E-state index contributed by atoms with van der Waals surface area (Å²) in [7, 11) is 1.17. The highest BCUT2D eigenvalue weighted by Crippen LogP contribution is 2.36. The van der Waals surface area contributed by atoms with Crippen LogP contribution >= 0.6 is 0 Å². The Hall–Kier alpha value is -2.58. The van der Waals surface area contributed by atoms with Crippen LogP contribution in [0.1, 0.15) is 5.56 Å².